The Morgan fingerprint density at radius 2 is 2.16 bits per heavy atom. The van der Waals surface area contributed by atoms with Gasteiger partial charge >= 0.3 is 7.60 Å². The maximum atomic E-state index is 11.3. The standard InChI is InChI=1S/C6H10N3O4P.C4H11N/c1-6(5-7-3-8-9-5)2-12-4-14(10,11)13-6;1-4(2,3)5/h3H,2,4H2,1H3,(H,10,11)(H,7,8,9);5H2,1-3H3. The second kappa shape index (κ2) is 5.68. The lowest BCUT2D eigenvalue weighted by Gasteiger charge is -2.33. The predicted molar refractivity (Wildman–Crippen MR) is 69.4 cm³/mol. The molecule has 0 radical (unpaired) electrons. The van der Waals surface area contributed by atoms with Crippen LogP contribution in [0.1, 0.15) is 33.5 Å². The van der Waals surface area contributed by atoms with Crippen LogP contribution < -0.4 is 5.73 Å². The first kappa shape index (κ1) is 16.3. The molecule has 19 heavy (non-hydrogen) atoms. The Bertz CT molecular complexity index is 439. The van der Waals surface area contributed by atoms with Crippen molar-refractivity contribution in [2.24, 2.45) is 5.73 Å². The molecule has 0 aliphatic carbocycles. The van der Waals surface area contributed by atoms with Gasteiger partial charge in [0.05, 0.1) is 6.61 Å². The molecule has 0 bridgehead atoms. The molecule has 110 valence electrons. The molecule has 8 nitrogen and oxygen atoms in total. The van der Waals surface area contributed by atoms with Gasteiger partial charge in [-0.05, 0) is 27.7 Å². The van der Waals surface area contributed by atoms with Crippen molar-refractivity contribution < 1.29 is 18.7 Å². The lowest BCUT2D eigenvalue weighted by molar-refractivity contribution is -0.0561. The van der Waals surface area contributed by atoms with Gasteiger partial charge in [-0.25, -0.2) is 4.98 Å². The van der Waals surface area contributed by atoms with Crippen LogP contribution in [0.3, 0.4) is 0 Å². The summed E-state index contributed by atoms with van der Waals surface area (Å²) in [5.41, 5.74) is 4.33. The van der Waals surface area contributed by atoms with E-state index in [0.717, 1.165) is 0 Å². The molecular formula is C10H21N4O4P. The monoisotopic (exact) mass is 292 g/mol. The van der Waals surface area contributed by atoms with Gasteiger partial charge < -0.3 is 15.4 Å². The molecule has 0 spiro atoms. The van der Waals surface area contributed by atoms with E-state index < -0.39 is 13.2 Å². The van der Waals surface area contributed by atoms with Gasteiger partial charge in [0, 0.05) is 5.54 Å². The predicted octanol–water partition coefficient (Wildman–Crippen LogP) is 0.953. The Labute approximate surface area is 112 Å². The normalized spacial score (nSPS) is 31.5. The van der Waals surface area contributed by atoms with Gasteiger partial charge in [0.2, 0.25) is 0 Å². The summed E-state index contributed by atoms with van der Waals surface area (Å²) in [6.07, 6.45) is 1.03. The second-order valence-corrected chi connectivity index (χ2v) is 7.35. The Hall–Kier alpha value is -0.790. The number of nitrogens with zero attached hydrogens (tertiary/aromatic N) is 2. The van der Waals surface area contributed by atoms with Crippen molar-refractivity contribution in [3.8, 4) is 0 Å². The topological polar surface area (TPSA) is 123 Å². The summed E-state index contributed by atoms with van der Waals surface area (Å²) in [6.45, 7) is 7.69. The van der Waals surface area contributed by atoms with Gasteiger partial charge in [0.15, 0.2) is 11.4 Å². The highest BCUT2D eigenvalue weighted by atomic mass is 31.2. The van der Waals surface area contributed by atoms with Crippen molar-refractivity contribution in [2.45, 2.75) is 38.8 Å². The maximum Gasteiger partial charge on any atom is 0.354 e. The zero-order valence-electron chi connectivity index (χ0n) is 11.6. The number of rotatable bonds is 1. The second-order valence-electron chi connectivity index (χ2n) is 5.64. The first-order chi connectivity index (χ1) is 8.52. The van der Waals surface area contributed by atoms with Crippen LogP contribution in [0.2, 0.25) is 0 Å². The molecule has 2 rings (SSSR count). The zero-order chi connectivity index (χ0) is 14.7. The minimum atomic E-state index is -3.66. The first-order valence-electron chi connectivity index (χ1n) is 5.77. The largest absolute Gasteiger partial charge is 0.365 e. The van der Waals surface area contributed by atoms with Crippen molar-refractivity contribution in [3.05, 3.63) is 12.2 Å². The van der Waals surface area contributed by atoms with Crippen LogP contribution >= 0.6 is 7.60 Å². The number of ether oxygens (including phenoxy) is 1. The summed E-state index contributed by atoms with van der Waals surface area (Å²) in [4.78, 5) is 13.1. The van der Waals surface area contributed by atoms with E-state index in [4.69, 9.17) is 15.0 Å². The Balaban J connectivity index is 0.000000312. The van der Waals surface area contributed by atoms with E-state index in [1.165, 1.54) is 6.33 Å². The van der Waals surface area contributed by atoms with Crippen LogP contribution in [0.4, 0.5) is 0 Å². The summed E-state index contributed by atoms with van der Waals surface area (Å²) in [5.74, 6) is 0.381. The molecule has 1 saturated heterocycles. The molecule has 1 aromatic rings. The molecule has 0 amide bonds. The Morgan fingerprint density at radius 3 is 2.58 bits per heavy atom. The van der Waals surface area contributed by atoms with Gasteiger partial charge in [-0.2, -0.15) is 5.10 Å². The zero-order valence-corrected chi connectivity index (χ0v) is 12.5. The number of aromatic amines is 1. The lowest BCUT2D eigenvalue weighted by Crippen LogP contribution is -2.36. The van der Waals surface area contributed by atoms with E-state index >= 15 is 0 Å². The highest BCUT2D eigenvalue weighted by Gasteiger charge is 2.43. The van der Waals surface area contributed by atoms with Crippen LogP contribution in [0.25, 0.3) is 0 Å². The molecule has 2 unspecified atom stereocenters. The van der Waals surface area contributed by atoms with E-state index in [9.17, 15) is 9.46 Å². The van der Waals surface area contributed by atoms with E-state index in [1.54, 1.807) is 6.92 Å². The van der Waals surface area contributed by atoms with Crippen LogP contribution in [-0.2, 0) is 19.4 Å². The highest BCUT2D eigenvalue weighted by Crippen LogP contribution is 2.51. The Kier molecular flexibility index (Phi) is 4.86. The molecular weight excluding hydrogens is 271 g/mol. The summed E-state index contributed by atoms with van der Waals surface area (Å²) >= 11 is 0. The van der Waals surface area contributed by atoms with E-state index in [1.807, 2.05) is 20.8 Å². The summed E-state index contributed by atoms with van der Waals surface area (Å²) in [5, 5.41) is 6.23. The maximum absolute atomic E-state index is 11.3. The quantitative estimate of drug-likeness (QED) is 0.658. The van der Waals surface area contributed by atoms with Gasteiger partial charge in [0.1, 0.15) is 12.7 Å². The fraction of sp³-hybridized carbons (Fsp3) is 0.800. The molecule has 2 heterocycles. The van der Waals surface area contributed by atoms with E-state index in [2.05, 4.69) is 15.2 Å². The third kappa shape index (κ3) is 5.80. The molecule has 4 N–H and O–H groups in total. The minimum absolute atomic E-state index is 0. The molecule has 9 heteroatoms. The van der Waals surface area contributed by atoms with Crippen LogP contribution in [-0.4, -0.2) is 38.6 Å². The minimum Gasteiger partial charge on any atom is -0.365 e. The third-order valence-electron chi connectivity index (χ3n) is 1.89. The van der Waals surface area contributed by atoms with Gasteiger partial charge in [0.25, 0.3) is 0 Å². The van der Waals surface area contributed by atoms with Crippen molar-refractivity contribution in [1.82, 2.24) is 15.2 Å². The molecule has 1 aliphatic heterocycles. The third-order valence-corrected chi connectivity index (χ3v) is 3.09. The number of aromatic nitrogens is 3. The molecule has 0 aromatic carbocycles. The van der Waals surface area contributed by atoms with Gasteiger partial charge in [-0.3, -0.25) is 14.2 Å². The number of nitrogens with two attached hydrogens (primary N) is 1. The van der Waals surface area contributed by atoms with Crippen molar-refractivity contribution in [3.63, 3.8) is 0 Å². The fourth-order valence-electron chi connectivity index (χ4n) is 1.30. The van der Waals surface area contributed by atoms with Crippen LogP contribution in [0.15, 0.2) is 6.33 Å². The van der Waals surface area contributed by atoms with E-state index in [0.29, 0.717) is 5.82 Å². The number of hydrogen-bond acceptors (Lipinski definition) is 6. The first-order valence-corrected chi connectivity index (χ1v) is 7.53. The average Bonchev–Trinajstić information content (AvgIpc) is 2.64. The summed E-state index contributed by atoms with van der Waals surface area (Å²) in [6, 6.07) is 0. The number of H-pyrrole nitrogens is 1. The van der Waals surface area contributed by atoms with Crippen molar-refractivity contribution in [1.29, 1.82) is 0 Å². The molecule has 1 aromatic heterocycles. The van der Waals surface area contributed by atoms with Crippen molar-refractivity contribution >= 4 is 7.60 Å². The SMILES string of the molecule is CC(C)(C)N.CC1(c2ncn[nH]2)COCP(=O)(O)O1. The Morgan fingerprint density at radius 1 is 1.58 bits per heavy atom. The molecule has 0 saturated carbocycles. The van der Waals surface area contributed by atoms with Gasteiger partial charge in [-0.15, -0.1) is 0 Å². The average molecular weight is 292 g/mol. The lowest BCUT2D eigenvalue weighted by atomic mass is 10.1. The van der Waals surface area contributed by atoms with Crippen molar-refractivity contribution in [2.75, 3.05) is 13.0 Å². The van der Waals surface area contributed by atoms with Gasteiger partial charge in [-0.1, -0.05) is 0 Å². The summed E-state index contributed by atoms with van der Waals surface area (Å²) in [7, 11) is -3.66. The highest BCUT2D eigenvalue weighted by molar-refractivity contribution is 7.52. The molecule has 1 aliphatic rings. The smallest absolute Gasteiger partial charge is 0.354 e. The van der Waals surface area contributed by atoms with Crippen LogP contribution in [0, 0.1) is 0 Å². The molecule has 1 fully saturated rings. The van der Waals surface area contributed by atoms with Crippen LogP contribution in [0.5, 0.6) is 0 Å². The summed E-state index contributed by atoms with van der Waals surface area (Å²) < 4.78 is 21.3. The van der Waals surface area contributed by atoms with E-state index in [-0.39, 0.29) is 18.5 Å². The number of hydrogen-bond donors (Lipinski definition) is 3. The fourth-order valence-corrected chi connectivity index (χ4v) is 2.44. The number of nitrogens with one attached hydrogen (secondary N) is 1. The molecule has 2 atom stereocenters.